The van der Waals surface area contributed by atoms with Crippen LogP contribution in [0.1, 0.15) is 18.9 Å². The highest BCUT2D eigenvalue weighted by atomic mass is 31.2. The van der Waals surface area contributed by atoms with Crippen molar-refractivity contribution < 1.29 is 51.6 Å². The van der Waals surface area contributed by atoms with Crippen LogP contribution in [0.25, 0.3) is 22.3 Å². The number of fused-ring (bicyclic) bond motifs is 4. The molecule has 7 rings (SSSR count). The third-order valence-electron chi connectivity index (χ3n) is 7.30. The normalized spacial score (nSPS) is 36.0. The second-order valence-corrected chi connectivity index (χ2v) is 13.0. The van der Waals surface area contributed by atoms with Gasteiger partial charge in [0.05, 0.1) is 25.9 Å². The summed E-state index contributed by atoms with van der Waals surface area (Å²) in [5, 5.41) is 11.1. The molecule has 0 aromatic carbocycles. The summed E-state index contributed by atoms with van der Waals surface area (Å²) < 4.78 is 61.2. The van der Waals surface area contributed by atoms with Crippen molar-refractivity contribution in [1.29, 1.82) is 0 Å². The highest BCUT2D eigenvalue weighted by molar-refractivity contribution is 7.47. The van der Waals surface area contributed by atoms with E-state index in [2.05, 4.69) is 29.9 Å². The standard InChI is InChI=1S/C20H24N10O13P2/c21-19-25-14-10(16(32)27-19)23-4-29(14)9-1-6-7(40-9)2-38-45(36,37)43-13-8(3-39-44(34,35)42-6)41-18(12(13)31)30-5-24-11-15(30)26-20(22)28-17(11)33/h4-9,12-13,18,31H,1-3H2,(H,34,35)(H,36,37)(H3,21,25,27,32)(H3,22,26,28,33)/t6-,7+,8-,9+,12-,13-,18-/m0/s1. The molecule has 0 radical (unpaired) electrons. The van der Waals surface area contributed by atoms with E-state index in [4.69, 9.17) is 39.0 Å². The van der Waals surface area contributed by atoms with Gasteiger partial charge in [0.1, 0.15) is 36.7 Å². The molecule has 23 nitrogen and oxygen atoms in total. The summed E-state index contributed by atoms with van der Waals surface area (Å²) in [7, 11) is -9.90. The summed E-state index contributed by atoms with van der Waals surface area (Å²) in [5.74, 6) is -0.456. The van der Waals surface area contributed by atoms with Gasteiger partial charge in [-0.3, -0.25) is 46.8 Å². The molecule has 3 saturated heterocycles. The number of phosphoric ester groups is 2. The Hall–Kier alpha value is -3.60. The summed E-state index contributed by atoms with van der Waals surface area (Å²) in [5.41, 5.74) is 9.75. The number of aromatic nitrogens is 8. The van der Waals surface area contributed by atoms with Gasteiger partial charge in [-0.2, -0.15) is 9.97 Å². The number of nitrogens with one attached hydrogen (secondary N) is 2. The van der Waals surface area contributed by atoms with Crippen LogP contribution in [-0.4, -0.2) is 97.7 Å². The summed E-state index contributed by atoms with van der Waals surface area (Å²) in [4.78, 5) is 66.2. The third-order valence-corrected chi connectivity index (χ3v) is 9.30. The van der Waals surface area contributed by atoms with E-state index >= 15 is 0 Å². The monoisotopic (exact) mass is 674 g/mol. The van der Waals surface area contributed by atoms with Gasteiger partial charge < -0.3 is 35.8 Å². The van der Waals surface area contributed by atoms with E-state index < -0.39 is 83.0 Å². The first-order valence-electron chi connectivity index (χ1n) is 13.0. The number of nitrogen functional groups attached to an aromatic ring is 2. The molecule has 0 aliphatic carbocycles. The van der Waals surface area contributed by atoms with Gasteiger partial charge in [-0.1, -0.05) is 0 Å². The molecule has 9 N–H and O–H groups in total. The van der Waals surface area contributed by atoms with Gasteiger partial charge in [0.25, 0.3) is 11.1 Å². The third kappa shape index (κ3) is 5.47. The Balaban J connectivity index is 1.16. The maximum Gasteiger partial charge on any atom is 0.472 e. The largest absolute Gasteiger partial charge is 0.472 e. The molecular weight excluding hydrogens is 650 g/mol. The van der Waals surface area contributed by atoms with Crippen molar-refractivity contribution in [2.75, 3.05) is 24.7 Å². The van der Waals surface area contributed by atoms with Gasteiger partial charge >= 0.3 is 15.6 Å². The van der Waals surface area contributed by atoms with Crippen molar-refractivity contribution in [2.45, 2.75) is 49.4 Å². The second kappa shape index (κ2) is 10.7. The van der Waals surface area contributed by atoms with Crippen LogP contribution in [0.4, 0.5) is 11.9 Å². The Morgan fingerprint density at radius 3 is 2.02 bits per heavy atom. The fourth-order valence-electron chi connectivity index (χ4n) is 5.35. The number of rotatable bonds is 2. The first-order valence-corrected chi connectivity index (χ1v) is 16.0. The Morgan fingerprint density at radius 2 is 1.38 bits per heavy atom. The first kappa shape index (κ1) is 30.1. The molecule has 0 amide bonds. The molecule has 0 saturated carbocycles. The predicted molar refractivity (Wildman–Crippen MR) is 145 cm³/mol. The number of aromatic amines is 2. The van der Waals surface area contributed by atoms with Crippen LogP contribution in [0.3, 0.4) is 0 Å². The topological polar surface area (TPSA) is 329 Å². The zero-order chi connectivity index (χ0) is 31.8. The lowest BCUT2D eigenvalue weighted by molar-refractivity contribution is -0.0662. The maximum absolute atomic E-state index is 13.1. The van der Waals surface area contributed by atoms with Crippen molar-refractivity contribution in [1.82, 2.24) is 39.0 Å². The smallest absolute Gasteiger partial charge is 0.386 e. The van der Waals surface area contributed by atoms with E-state index in [0.29, 0.717) is 0 Å². The average Bonchev–Trinajstić information content (AvgIpc) is 3.71. The Kier molecular flexibility index (Phi) is 7.18. The van der Waals surface area contributed by atoms with E-state index in [-0.39, 0.29) is 40.6 Å². The van der Waals surface area contributed by atoms with E-state index in [1.807, 2.05) is 0 Å². The number of hydrogen-bond acceptors (Lipinski definition) is 17. The highest BCUT2D eigenvalue weighted by Gasteiger charge is 2.52. The fraction of sp³-hybridized carbons (Fsp3) is 0.500. The zero-order valence-electron chi connectivity index (χ0n) is 22.5. The lowest BCUT2D eigenvalue weighted by atomic mass is 10.1. The van der Waals surface area contributed by atoms with Crippen molar-refractivity contribution in [3.05, 3.63) is 33.4 Å². The minimum absolute atomic E-state index is 0.0424. The van der Waals surface area contributed by atoms with Crippen LogP contribution in [0, 0.1) is 0 Å². The highest BCUT2D eigenvalue weighted by Crippen LogP contribution is 2.53. The number of phosphoric acid groups is 2. The van der Waals surface area contributed by atoms with Crippen LogP contribution >= 0.6 is 15.6 Å². The minimum atomic E-state index is -5.00. The zero-order valence-corrected chi connectivity index (χ0v) is 24.3. The second-order valence-electron chi connectivity index (χ2n) is 10.2. The van der Waals surface area contributed by atoms with E-state index in [0.717, 1.165) is 10.9 Å². The molecule has 0 spiro atoms. The van der Waals surface area contributed by atoms with Crippen LogP contribution < -0.4 is 22.6 Å². The number of nitrogens with zero attached hydrogens (tertiary/aromatic N) is 6. The Bertz CT molecular complexity index is 2010. The Labute approximate surface area is 248 Å². The predicted octanol–water partition coefficient (Wildman–Crippen LogP) is -2.02. The van der Waals surface area contributed by atoms with Crippen LogP contribution in [0.15, 0.2) is 22.2 Å². The number of H-pyrrole nitrogens is 2. The average molecular weight is 674 g/mol. The van der Waals surface area contributed by atoms with E-state index in [1.165, 1.54) is 10.9 Å². The van der Waals surface area contributed by atoms with Gasteiger partial charge in [0, 0.05) is 6.42 Å². The summed E-state index contributed by atoms with van der Waals surface area (Å²) >= 11 is 0. The molecule has 9 atom stereocenters. The van der Waals surface area contributed by atoms with Gasteiger partial charge in [-0.15, -0.1) is 0 Å². The molecule has 4 aromatic heterocycles. The lowest BCUT2D eigenvalue weighted by Gasteiger charge is -2.27. The number of aliphatic hydroxyl groups is 1. The molecule has 3 aliphatic rings. The SMILES string of the molecule is Nc1nc2c(ncn2[C@H]2C[C@@H]3OP(=O)(O)OC[C@@H]4O[C@H](n5cnc6c(=O)[nH]c(N)nc65)[C@@H](O)[C@H]4OP(=O)(O)OC[C@H]3O2)c(=O)[nH]1. The molecule has 25 heteroatoms. The molecule has 4 aromatic rings. The fourth-order valence-corrected chi connectivity index (χ4v) is 7.27. The summed E-state index contributed by atoms with van der Waals surface area (Å²) in [6.45, 7) is -1.48. The maximum atomic E-state index is 13.1. The molecule has 3 fully saturated rings. The van der Waals surface area contributed by atoms with Gasteiger partial charge in [0.15, 0.2) is 28.6 Å². The van der Waals surface area contributed by atoms with Gasteiger partial charge in [-0.05, 0) is 0 Å². The van der Waals surface area contributed by atoms with Crippen molar-refractivity contribution in [3.8, 4) is 0 Å². The summed E-state index contributed by atoms with van der Waals surface area (Å²) in [6.07, 6.45) is -7.63. The molecule has 242 valence electrons. The molecule has 45 heavy (non-hydrogen) atoms. The number of hydrogen-bond donors (Lipinski definition) is 7. The molecule has 2 unspecified atom stereocenters. The van der Waals surface area contributed by atoms with Crippen molar-refractivity contribution in [3.63, 3.8) is 0 Å². The van der Waals surface area contributed by atoms with E-state index in [9.17, 15) is 33.6 Å². The Morgan fingerprint density at radius 1 is 0.822 bits per heavy atom. The quantitative estimate of drug-likeness (QED) is 0.113. The summed E-state index contributed by atoms with van der Waals surface area (Å²) in [6, 6.07) is 0. The molecule has 0 bridgehead atoms. The number of imidazole rings is 2. The van der Waals surface area contributed by atoms with Crippen molar-refractivity contribution in [2.24, 2.45) is 0 Å². The molecule has 3 aliphatic heterocycles. The number of ether oxygens (including phenoxy) is 2. The van der Waals surface area contributed by atoms with Crippen LogP contribution in [0.2, 0.25) is 0 Å². The number of anilines is 2. The van der Waals surface area contributed by atoms with E-state index in [1.54, 1.807) is 0 Å². The lowest BCUT2D eigenvalue weighted by Crippen LogP contribution is -2.37. The van der Waals surface area contributed by atoms with Crippen molar-refractivity contribution >= 4 is 49.9 Å². The molecular formula is C20H24N10O13P2. The number of nitrogens with two attached hydrogens (primary N) is 2. The molecule has 7 heterocycles. The number of aliphatic hydroxyl groups excluding tert-OH is 1. The first-order chi connectivity index (χ1) is 21.3. The van der Waals surface area contributed by atoms with Gasteiger partial charge in [-0.25, -0.2) is 19.1 Å². The minimum Gasteiger partial charge on any atom is -0.386 e. The van der Waals surface area contributed by atoms with Gasteiger partial charge in [0.2, 0.25) is 11.9 Å². The van der Waals surface area contributed by atoms with Crippen LogP contribution in [-0.2, 0) is 36.7 Å². The van der Waals surface area contributed by atoms with Crippen LogP contribution in [0.5, 0.6) is 0 Å².